The first-order valence-corrected chi connectivity index (χ1v) is 6.87. The molecule has 0 atom stereocenters. The Morgan fingerprint density at radius 2 is 2.22 bits per heavy atom. The highest BCUT2D eigenvalue weighted by Crippen LogP contribution is 2.33. The van der Waals surface area contributed by atoms with Gasteiger partial charge in [-0.3, -0.25) is 0 Å². The van der Waals surface area contributed by atoms with Crippen LogP contribution < -0.4 is 5.32 Å². The van der Waals surface area contributed by atoms with Gasteiger partial charge in [0.1, 0.15) is 9.86 Å². The zero-order valence-electron chi connectivity index (χ0n) is 9.67. The SMILES string of the molecule is CNc1nc(Sc2nnc(C)o2)c2ccsc2n1. The number of thiophene rings is 1. The molecule has 0 saturated heterocycles. The van der Waals surface area contributed by atoms with Crippen LogP contribution in [0.15, 0.2) is 26.1 Å². The van der Waals surface area contributed by atoms with Crippen molar-refractivity contribution >= 4 is 39.3 Å². The monoisotopic (exact) mass is 279 g/mol. The molecule has 3 aromatic heterocycles. The third kappa shape index (κ3) is 2.04. The summed E-state index contributed by atoms with van der Waals surface area (Å²) in [5, 5.41) is 15.0. The predicted molar refractivity (Wildman–Crippen MR) is 70.1 cm³/mol. The van der Waals surface area contributed by atoms with E-state index in [0.717, 1.165) is 15.2 Å². The fourth-order valence-electron chi connectivity index (χ4n) is 1.42. The first-order chi connectivity index (χ1) is 8.76. The largest absolute Gasteiger partial charge is 0.416 e. The molecule has 0 amide bonds. The molecule has 0 bridgehead atoms. The van der Waals surface area contributed by atoms with Gasteiger partial charge in [-0.25, -0.2) is 9.97 Å². The van der Waals surface area contributed by atoms with E-state index in [9.17, 15) is 0 Å². The first-order valence-electron chi connectivity index (χ1n) is 5.17. The maximum absolute atomic E-state index is 5.35. The zero-order chi connectivity index (χ0) is 12.5. The minimum absolute atomic E-state index is 0.487. The number of hydrogen-bond donors (Lipinski definition) is 1. The molecule has 92 valence electrons. The fraction of sp³-hybridized carbons (Fsp3) is 0.200. The summed E-state index contributed by atoms with van der Waals surface area (Å²) in [5.74, 6) is 1.13. The van der Waals surface area contributed by atoms with Gasteiger partial charge in [-0.15, -0.1) is 21.5 Å². The molecule has 1 N–H and O–H groups in total. The second kappa shape index (κ2) is 4.54. The van der Waals surface area contributed by atoms with E-state index in [1.807, 2.05) is 11.4 Å². The molecule has 8 heteroatoms. The Morgan fingerprint density at radius 1 is 1.33 bits per heavy atom. The second-order valence-corrected chi connectivity index (χ2v) is 5.27. The number of rotatable bonds is 3. The van der Waals surface area contributed by atoms with Gasteiger partial charge in [0, 0.05) is 19.4 Å². The summed E-state index contributed by atoms with van der Waals surface area (Å²) in [6.45, 7) is 1.76. The topological polar surface area (TPSA) is 76.7 Å². The van der Waals surface area contributed by atoms with Crippen molar-refractivity contribution in [1.29, 1.82) is 0 Å². The van der Waals surface area contributed by atoms with Crippen LogP contribution in [0.4, 0.5) is 5.95 Å². The maximum atomic E-state index is 5.35. The number of fused-ring (bicyclic) bond motifs is 1. The van der Waals surface area contributed by atoms with Gasteiger partial charge in [0.15, 0.2) is 0 Å². The van der Waals surface area contributed by atoms with Crippen molar-refractivity contribution in [3.05, 3.63) is 17.3 Å². The highest BCUT2D eigenvalue weighted by Gasteiger charge is 2.13. The van der Waals surface area contributed by atoms with Crippen molar-refractivity contribution in [2.24, 2.45) is 0 Å². The van der Waals surface area contributed by atoms with E-state index in [1.54, 1.807) is 25.3 Å². The summed E-state index contributed by atoms with van der Waals surface area (Å²) in [6.07, 6.45) is 0. The van der Waals surface area contributed by atoms with Crippen LogP contribution in [-0.4, -0.2) is 27.2 Å². The van der Waals surface area contributed by atoms with Gasteiger partial charge in [0.05, 0.1) is 0 Å². The van der Waals surface area contributed by atoms with Crippen LogP contribution in [0.25, 0.3) is 10.2 Å². The Kier molecular flexibility index (Phi) is 2.88. The number of nitrogens with one attached hydrogen (secondary N) is 1. The normalized spacial score (nSPS) is 11.0. The second-order valence-electron chi connectivity index (χ2n) is 3.43. The molecule has 0 aromatic carbocycles. The molecule has 0 saturated carbocycles. The molecule has 0 aliphatic heterocycles. The lowest BCUT2D eigenvalue weighted by molar-refractivity contribution is 0.429. The van der Waals surface area contributed by atoms with Gasteiger partial charge in [-0.1, -0.05) is 0 Å². The maximum Gasteiger partial charge on any atom is 0.282 e. The number of anilines is 1. The number of hydrogen-bond acceptors (Lipinski definition) is 8. The van der Waals surface area contributed by atoms with E-state index < -0.39 is 0 Å². The van der Waals surface area contributed by atoms with Crippen molar-refractivity contribution in [1.82, 2.24) is 20.2 Å². The van der Waals surface area contributed by atoms with Crippen LogP contribution in [0.5, 0.6) is 0 Å². The van der Waals surface area contributed by atoms with E-state index in [-0.39, 0.29) is 0 Å². The Morgan fingerprint density at radius 3 is 2.94 bits per heavy atom. The number of aryl methyl sites for hydroxylation is 1. The smallest absolute Gasteiger partial charge is 0.282 e. The van der Waals surface area contributed by atoms with Gasteiger partial charge < -0.3 is 9.73 Å². The van der Waals surface area contributed by atoms with Crippen LogP contribution in [0.1, 0.15) is 5.89 Å². The number of nitrogens with zero attached hydrogens (tertiary/aromatic N) is 4. The van der Waals surface area contributed by atoms with Crippen LogP contribution >= 0.6 is 23.1 Å². The average Bonchev–Trinajstić information content (AvgIpc) is 2.98. The molecule has 0 radical (unpaired) electrons. The quantitative estimate of drug-likeness (QED) is 0.738. The number of aromatic nitrogens is 4. The van der Waals surface area contributed by atoms with Crippen LogP contribution in [0.2, 0.25) is 0 Å². The highest BCUT2D eigenvalue weighted by molar-refractivity contribution is 7.99. The van der Waals surface area contributed by atoms with Gasteiger partial charge in [0.2, 0.25) is 11.8 Å². The van der Waals surface area contributed by atoms with Crippen molar-refractivity contribution in [3.8, 4) is 0 Å². The molecule has 0 aliphatic carbocycles. The molecular formula is C10H9N5OS2. The lowest BCUT2D eigenvalue weighted by Crippen LogP contribution is -1.96. The zero-order valence-corrected chi connectivity index (χ0v) is 11.3. The molecule has 0 unspecified atom stereocenters. The summed E-state index contributed by atoms with van der Waals surface area (Å²) in [6, 6.07) is 1.99. The van der Waals surface area contributed by atoms with Crippen LogP contribution in [-0.2, 0) is 0 Å². The minimum Gasteiger partial charge on any atom is -0.416 e. The van der Waals surface area contributed by atoms with E-state index >= 15 is 0 Å². The minimum atomic E-state index is 0.487. The molecule has 0 spiro atoms. The summed E-state index contributed by atoms with van der Waals surface area (Å²) in [5.41, 5.74) is 0. The van der Waals surface area contributed by atoms with Crippen molar-refractivity contribution in [2.75, 3.05) is 12.4 Å². The van der Waals surface area contributed by atoms with Gasteiger partial charge in [-0.05, 0) is 23.2 Å². The van der Waals surface area contributed by atoms with E-state index in [4.69, 9.17) is 4.42 Å². The van der Waals surface area contributed by atoms with Gasteiger partial charge >= 0.3 is 0 Å². The van der Waals surface area contributed by atoms with Crippen molar-refractivity contribution in [2.45, 2.75) is 17.2 Å². The lowest BCUT2D eigenvalue weighted by Gasteiger charge is -2.02. The van der Waals surface area contributed by atoms with E-state index in [2.05, 4.69) is 25.5 Å². The summed E-state index contributed by atoms with van der Waals surface area (Å²) >= 11 is 2.92. The molecule has 3 heterocycles. The Balaban J connectivity index is 2.06. The average molecular weight is 279 g/mol. The summed E-state index contributed by atoms with van der Waals surface area (Å²) < 4.78 is 5.35. The molecule has 18 heavy (non-hydrogen) atoms. The van der Waals surface area contributed by atoms with Gasteiger partial charge in [-0.2, -0.15) is 0 Å². The van der Waals surface area contributed by atoms with E-state index in [1.165, 1.54) is 11.8 Å². The molecule has 6 nitrogen and oxygen atoms in total. The Bertz CT molecular complexity index is 692. The first kappa shape index (κ1) is 11.4. The summed E-state index contributed by atoms with van der Waals surface area (Å²) in [7, 11) is 1.79. The molecule has 3 aromatic rings. The predicted octanol–water partition coefficient (Wildman–Crippen LogP) is 2.58. The standard InChI is InChI=1S/C10H9N5OS2/c1-5-14-15-10(16-5)18-8-6-3-4-17-7(6)12-9(11-2)13-8/h3-4H,1-2H3,(H,11,12,13). The third-order valence-electron chi connectivity index (χ3n) is 2.21. The molecule has 0 fully saturated rings. The Labute approximate surface area is 111 Å². The van der Waals surface area contributed by atoms with Crippen LogP contribution in [0.3, 0.4) is 0 Å². The van der Waals surface area contributed by atoms with Crippen molar-refractivity contribution < 1.29 is 4.42 Å². The van der Waals surface area contributed by atoms with Crippen molar-refractivity contribution in [3.63, 3.8) is 0 Å². The third-order valence-corrected chi connectivity index (χ3v) is 3.86. The lowest BCUT2D eigenvalue weighted by atomic mass is 10.4. The Hall–Kier alpha value is -1.67. The molecular weight excluding hydrogens is 270 g/mol. The van der Waals surface area contributed by atoms with Crippen LogP contribution in [0, 0.1) is 6.92 Å². The van der Waals surface area contributed by atoms with Gasteiger partial charge in [0.25, 0.3) is 5.22 Å². The van der Waals surface area contributed by atoms with E-state index in [0.29, 0.717) is 17.1 Å². The highest BCUT2D eigenvalue weighted by atomic mass is 32.2. The summed E-state index contributed by atoms with van der Waals surface area (Å²) in [4.78, 5) is 9.73. The molecule has 0 aliphatic rings. The molecule has 3 rings (SSSR count). The fourth-order valence-corrected chi connectivity index (χ4v) is 3.06.